The Bertz CT molecular complexity index is 441. The highest BCUT2D eigenvalue weighted by Crippen LogP contribution is 2.58. The molecule has 4 rings (SSSR count). The molecular weight excluding hydrogens is 224 g/mol. The quantitative estimate of drug-likeness (QED) is 0.883. The number of nitrogens with zero attached hydrogens (tertiary/aromatic N) is 3. The zero-order valence-corrected chi connectivity index (χ0v) is 11.0. The first-order chi connectivity index (χ1) is 8.81. The van der Waals surface area contributed by atoms with Gasteiger partial charge >= 0.3 is 0 Å². The number of rotatable bonds is 3. The summed E-state index contributed by atoms with van der Waals surface area (Å²) in [6.07, 6.45) is 9.16. The van der Waals surface area contributed by atoms with Crippen molar-refractivity contribution >= 4 is 0 Å². The first-order valence-corrected chi connectivity index (χ1v) is 7.39. The number of fused-ring (bicyclic) bond motifs is 5. The number of hydrogen-bond acceptors (Lipinski definition) is 3. The van der Waals surface area contributed by atoms with Gasteiger partial charge in [0, 0.05) is 13.1 Å². The summed E-state index contributed by atoms with van der Waals surface area (Å²) in [7, 11) is 1.93. The highest BCUT2D eigenvalue weighted by molar-refractivity contribution is 5.05. The molecule has 4 nitrogen and oxygen atoms in total. The van der Waals surface area contributed by atoms with Crippen LogP contribution in [0.2, 0.25) is 0 Å². The van der Waals surface area contributed by atoms with E-state index in [1.54, 1.807) is 11.0 Å². The van der Waals surface area contributed by atoms with E-state index in [9.17, 15) is 0 Å². The van der Waals surface area contributed by atoms with E-state index >= 15 is 0 Å². The van der Waals surface area contributed by atoms with Crippen LogP contribution in [-0.4, -0.2) is 20.8 Å². The number of aryl methyl sites for hydroxylation is 1. The Morgan fingerprint density at radius 2 is 2.17 bits per heavy atom. The molecule has 0 radical (unpaired) electrons. The molecule has 3 saturated carbocycles. The average Bonchev–Trinajstić information content (AvgIpc) is 3.08. The first-order valence-electron chi connectivity index (χ1n) is 7.39. The van der Waals surface area contributed by atoms with Crippen molar-refractivity contribution < 1.29 is 0 Å². The van der Waals surface area contributed by atoms with Gasteiger partial charge in [0.1, 0.15) is 6.33 Å². The number of hydrogen-bond donors (Lipinski definition) is 1. The van der Waals surface area contributed by atoms with Gasteiger partial charge in [-0.05, 0) is 49.4 Å². The molecule has 0 aliphatic heterocycles. The van der Waals surface area contributed by atoms with Gasteiger partial charge in [0.05, 0.1) is 6.54 Å². The van der Waals surface area contributed by atoms with Crippen molar-refractivity contribution in [2.75, 3.05) is 0 Å². The second-order valence-corrected chi connectivity index (χ2v) is 6.48. The Balaban J connectivity index is 1.39. The molecule has 1 N–H and O–H groups in total. The maximum absolute atomic E-state index is 4.34. The van der Waals surface area contributed by atoms with Gasteiger partial charge in [0.2, 0.25) is 0 Å². The van der Waals surface area contributed by atoms with Crippen molar-refractivity contribution in [3.63, 3.8) is 0 Å². The molecule has 1 aromatic heterocycles. The number of aromatic nitrogens is 3. The predicted octanol–water partition coefficient (Wildman–Crippen LogP) is 1.73. The summed E-state index contributed by atoms with van der Waals surface area (Å²) in [6, 6.07) is 0.734. The normalized spacial score (nSPS) is 41.5. The fraction of sp³-hybridized carbons (Fsp3) is 0.857. The summed E-state index contributed by atoms with van der Waals surface area (Å²) >= 11 is 0. The van der Waals surface area contributed by atoms with Crippen LogP contribution in [0.4, 0.5) is 0 Å². The highest BCUT2D eigenvalue weighted by atomic mass is 15.3. The van der Waals surface area contributed by atoms with E-state index in [-0.39, 0.29) is 0 Å². The van der Waals surface area contributed by atoms with E-state index < -0.39 is 0 Å². The lowest BCUT2D eigenvalue weighted by molar-refractivity contribution is 0.207. The molecule has 0 spiro atoms. The Hall–Kier alpha value is -0.900. The van der Waals surface area contributed by atoms with Gasteiger partial charge in [-0.15, -0.1) is 0 Å². The first kappa shape index (κ1) is 11.0. The second-order valence-electron chi connectivity index (χ2n) is 6.48. The maximum Gasteiger partial charge on any atom is 0.164 e. The summed E-state index contributed by atoms with van der Waals surface area (Å²) in [5.74, 6) is 5.03. The zero-order chi connectivity index (χ0) is 12.1. The van der Waals surface area contributed by atoms with Crippen LogP contribution < -0.4 is 5.32 Å². The molecule has 98 valence electrons. The summed E-state index contributed by atoms with van der Waals surface area (Å²) in [5.41, 5.74) is 0. The third-order valence-electron chi connectivity index (χ3n) is 5.60. The monoisotopic (exact) mass is 246 g/mol. The van der Waals surface area contributed by atoms with Gasteiger partial charge < -0.3 is 5.32 Å². The van der Waals surface area contributed by atoms with Gasteiger partial charge in [-0.2, -0.15) is 5.10 Å². The Kier molecular flexibility index (Phi) is 2.47. The SMILES string of the molecule is Cn1cnc(CNC2CC3CC2C2CCCC32)n1. The second kappa shape index (κ2) is 4.05. The van der Waals surface area contributed by atoms with Gasteiger partial charge in [0.15, 0.2) is 5.82 Å². The van der Waals surface area contributed by atoms with E-state index in [0.717, 1.165) is 42.1 Å². The van der Waals surface area contributed by atoms with E-state index in [1.165, 1.54) is 32.1 Å². The molecule has 0 amide bonds. The van der Waals surface area contributed by atoms with E-state index in [4.69, 9.17) is 0 Å². The molecule has 3 aliphatic rings. The van der Waals surface area contributed by atoms with Crippen LogP contribution in [0.5, 0.6) is 0 Å². The van der Waals surface area contributed by atoms with Crippen LogP contribution in [-0.2, 0) is 13.6 Å². The molecule has 3 fully saturated rings. The molecule has 3 aliphatic carbocycles. The molecule has 2 bridgehead atoms. The lowest BCUT2D eigenvalue weighted by Crippen LogP contribution is -2.39. The van der Waals surface area contributed by atoms with Crippen molar-refractivity contribution in [2.24, 2.45) is 30.7 Å². The van der Waals surface area contributed by atoms with Crippen LogP contribution in [0.1, 0.15) is 37.9 Å². The molecular formula is C14H22N4. The standard InChI is InChI=1S/C14H22N4/c1-18-8-16-14(17-18)7-15-13-6-9-5-12(13)11-4-2-3-10(9)11/h8-13,15H,2-7H2,1H3. The smallest absolute Gasteiger partial charge is 0.164 e. The molecule has 0 saturated heterocycles. The molecule has 1 aromatic rings. The third kappa shape index (κ3) is 1.62. The highest BCUT2D eigenvalue weighted by Gasteiger charge is 2.53. The minimum Gasteiger partial charge on any atom is -0.307 e. The molecule has 18 heavy (non-hydrogen) atoms. The molecule has 4 heteroatoms. The summed E-state index contributed by atoms with van der Waals surface area (Å²) in [4.78, 5) is 4.29. The molecule has 5 atom stereocenters. The number of nitrogens with one attached hydrogen (secondary N) is 1. The van der Waals surface area contributed by atoms with Crippen molar-refractivity contribution in [3.8, 4) is 0 Å². The van der Waals surface area contributed by atoms with Gasteiger partial charge in [-0.3, -0.25) is 4.68 Å². The summed E-state index contributed by atoms with van der Waals surface area (Å²) in [6.45, 7) is 0.839. The van der Waals surface area contributed by atoms with Crippen LogP contribution in [0.25, 0.3) is 0 Å². The van der Waals surface area contributed by atoms with Crippen LogP contribution in [0, 0.1) is 23.7 Å². The van der Waals surface area contributed by atoms with Gasteiger partial charge in [-0.25, -0.2) is 4.98 Å². The average molecular weight is 246 g/mol. The third-order valence-corrected chi connectivity index (χ3v) is 5.60. The fourth-order valence-corrected chi connectivity index (χ4v) is 4.99. The maximum atomic E-state index is 4.34. The Labute approximate surface area is 108 Å². The van der Waals surface area contributed by atoms with Gasteiger partial charge in [-0.1, -0.05) is 6.42 Å². The largest absolute Gasteiger partial charge is 0.307 e. The Morgan fingerprint density at radius 1 is 1.28 bits per heavy atom. The van der Waals surface area contributed by atoms with Crippen molar-refractivity contribution in [1.82, 2.24) is 20.1 Å². The fourth-order valence-electron chi connectivity index (χ4n) is 4.99. The van der Waals surface area contributed by atoms with Gasteiger partial charge in [0.25, 0.3) is 0 Å². The minimum atomic E-state index is 0.734. The van der Waals surface area contributed by atoms with Crippen LogP contribution >= 0.6 is 0 Å². The molecule has 5 unspecified atom stereocenters. The zero-order valence-electron chi connectivity index (χ0n) is 11.0. The molecule has 0 aromatic carbocycles. The Morgan fingerprint density at radius 3 is 3.00 bits per heavy atom. The van der Waals surface area contributed by atoms with Crippen molar-refractivity contribution in [1.29, 1.82) is 0 Å². The lowest BCUT2D eigenvalue weighted by Gasteiger charge is -2.32. The lowest BCUT2D eigenvalue weighted by atomic mass is 9.79. The molecule has 1 heterocycles. The van der Waals surface area contributed by atoms with Crippen LogP contribution in [0.15, 0.2) is 6.33 Å². The topological polar surface area (TPSA) is 42.7 Å². The van der Waals surface area contributed by atoms with E-state index in [2.05, 4.69) is 15.4 Å². The van der Waals surface area contributed by atoms with Crippen LogP contribution in [0.3, 0.4) is 0 Å². The summed E-state index contributed by atoms with van der Waals surface area (Å²) < 4.78 is 1.78. The van der Waals surface area contributed by atoms with Crippen molar-refractivity contribution in [2.45, 2.75) is 44.7 Å². The van der Waals surface area contributed by atoms with E-state index in [0.29, 0.717) is 0 Å². The predicted molar refractivity (Wildman–Crippen MR) is 68.7 cm³/mol. The van der Waals surface area contributed by atoms with E-state index in [1.807, 2.05) is 7.05 Å². The minimum absolute atomic E-state index is 0.734. The summed E-state index contributed by atoms with van der Waals surface area (Å²) in [5, 5.41) is 8.06. The van der Waals surface area contributed by atoms with Crippen molar-refractivity contribution in [3.05, 3.63) is 12.2 Å².